The summed E-state index contributed by atoms with van der Waals surface area (Å²) in [6, 6.07) is 8.54. The van der Waals surface area contributed by atoms with Gasteiger partial charge in [0.2, 0.25) is 0 Å². The van der Waals surface area contributed by atoms with Crippen LogP contribution in [0.25, 0.3) is 0 Å². The molecule has 1 aliphatic heterocycles. The van der Waals surface area contributed by atoms with Crippen LogP contribution in [0.4, 0.5) is 0 Å². The highest BCUT2D eigenvalue weighted by Gasteiger charge is 2.33. The maximum Gasteiger partial charge on any atom is 0.0730 e. The molecule has 3 nitrogen and oxygen atoms in total. The fourth-order valence-electron chi connectivity index (χ4n) is 3.69. The summed E-state index contributed by atoms with van der Waals surface area (Å²) in [5, 5.41) is 0.780. The molecule has 0 spiro atoms. The number of halogens is 1. The van der Waals surface area contributed by atoms with Crippen LogP contribution in [0, 0.1) is 0 Å². The Bertz CT molecular complexity index is 466. The molecule has 2 fully saturated rings. The normalized spacial score (nSPS) is 28.1. The van der Waals surface area contributed by atoms with E-state index in [0.717, 1.165) is 36.7 Å². The molecular weight excluding hydrogens is 284 g/mol. The van der Waals surface area contributed by atoms with Crippen molar-refractivity contribution in [3.63, 3.8) is 0 Å². The summed E-state index contributed by atoms with van der Waals surface area (Å²) in [4.78, 5) is 2.59. The number of nitrogens with zero attached hydrogens (tertiary/aromatic N) is 1. The molecule has 1 saturated carbocycles. The van der Waals surface area contributed by atoms with E-state index in [1.807, 2.05) is 24.3 Å². The van der Waals surface area contributed by atoms with Gasteiger partial charge in [0, 0.05) is 30.2 Å². The molecule has 2 aliphatic rings. The highest BCUT2D eigenvalue weighted by molar-refractivity contribution is 6.31. The highest BCUT2D eigenvalue weighted by atomic mass is 35.5. The predicted molar refractivity (Wildman–Crippen MR) is 86.6 cm³/mol. The molecule has 21 heavy (non-hydrogen) atoms. The summed E-state index contributed by atoms with van der Waals surface area (Å²) >= 11 is 6.24. The van der Waals surface area contributed by atoms with Gasteiger partial charge >= 0.3 is 0 Å². The van der Waals surface area contributed by atoms with E-state index >= 15 is 0 Å². The Hall–Kier alpha value is -0.610. The summed E-state index contributed by atoms with van der Waals surface area (Å²) in [5.41, 5.74) is 7.40. The molecule has 1 saturated heterocycles. The highest BCUT2D eigenvalue weighted by Crippen LogP contribution is 2.29. The van der Waals surface area contributed by atoms with Gasteiger partial charge in [-0.15, -0.1) is 0 Å². The van der Waals surface area contributed by atoms with Crippen LogP contribution in [-0.4, -0.2) is 36.7 Å². The summed E-state index contributed by atoms with van der Waals surface area (Å²) in [5.74, 6) is 0. The van der Waals surface area contributed by atoms with E-state index in [0.29, 0.717) is 12.1 Å². The van der Waals surface area contributed by atoms with Gasteiger partial charge < -0.3 is 10.5 Å². The van der Waals surface area contributed by atoms with Crippen LogP contribution in [-0.2, 0) is 4.74 Å². The second-order valence-corrected chi connectivity index (χ2v) is 6.62. The van der Waals surface area contributed by atoms with E-state index < -0.39 is 0 Å². The minimum atomic E-state index is 0.0172. The zero-order valence-corrected chi connectivity index (χ0v) is 13.3. The molecule has 1 aromatic carbocycles. The Kier molecular flexibility index (Phi) is 5.17. The van der Waals surface area contributed by atoms with Crippen molar-refractivity contribution in [1.82, 2.24) is 4.90 Å². The van der Waals surface area contributed by atoms with Crippen LogP contribution in [0.1, 0.15) is 43.7 Å². The number of fused-ring (bicyclic) bond motifs is 1. The molecule has 0 radical (unpaired) electrons. The smallest absolute Gasteiger partial charge is 0.0730 e. The van der Waals surface area contributed by atoms with E-state index in [1.54, 1.807) is 0 Å². The van der Waals surface area contributed by atoms with Crippen LogP contribution in [0.2, 0.25) is 5.02 Å². The summed E-state index contributed by atoms with van der Waals surface area (Å²) in [7, 11) is 0. The minimum absolute atomic E-state index is 0.0172. The van der Waals surface area contributed by atoms with Crippen molar-refractivity contribution in [2.24, 2.45) is 5.73 Å². The van der Waals surface area contributed by atoms with Crippen molar-refractivity contribution >= 4 is 11.6 Å². The predicted octanol–water partition coefficient (Wildman–Crippen LogP) is 3.37. The van der Waals surface area contributed by atoms with Gasteiger partial charge in [0.15, 0.2) is 0 Å². The van der Waals surface area contributed by atoms with Crippen LogP contribution in [0.15, 0.2) is 24.3 Å². The second-order valence-electron chi connectivity index (χ2n) is 6.21. The lowest BCUT2D eigenvalue weighted by molar-refractivity contribution is -0.0885. The zero-order valence-electron chi connectivity index (χ0n) is 12.5. The first-order chi connectivity index (χ1) is 10.3. The van der Waals surface area contributed by atoms with Crippen molar-refractivity contribution in [2.75, 3.05) is 19.7 Å². The van der Waals surface area contributed by atoms with Crippen LogP contribution in [0.5, 0.6) is 0 Å². The Morgan fingerprint density at radius 3 is 2.95 bits per heavy atom. The molecule has 0 bridgehead atoms. The largest absolute Gasteiger partial charge is 0.375 e. The van der Waals surface area contributed by atoms with E-state index in [-0.39, 0.29) is 6.04 Å². The maximum absolute atomic E-state index is 6.34. The van der Waals surface area contributed by atoms with Crippen molar-refractivity contribution in [3.8, 4) is 0 Å². The third-order valence-electron chi connectivity index (χ3n) is 4.88. The van der Waals surface area contributed by atoms with E-state index in [4.69, 9.17) is 22.1 Å². The van der Waals surface area contributed by atoms with Gasteiger partial charge in [-0.2, -0.15) is 0 Å². The van der Waals surface area contributed by atoms with Gasteiger partial charge in [-0.25, -0.2) is 0 Å². The van der Waals surface area contributed by atoms with Gasteiger partial charge in [0.25, 0.3) is 0 Å². The van der Waals surface area contributed by atoms with Gasteiger partial charge in [0.1, 0.15) is 0 Å². The molecule has 1 aliphatic carbocycles. The first-order valence-electron chi connectivity index (χ1n) is 8.11. The van der Waals surface area contributed by atoms with Gasteiger partial charge in [-0.05, 0) is 30.9 Å². The topological polar surface area (TPSA) is 38.5 Å². The van der Waals surface area contributed by atoms with E-state index in [9.17, 15) is 0 Å². The molecule has 116 valence electrons. The molecular formula is C17H25ClN2O. The number of benzene rings is 1. The fourth-order valence-corrected chi connectivity index (χ4v) is 3.97. The first-order valence-corrected chi connectivity index (χ1v) is 8.49. The van der Waals surface area contributed by atoms with Gasteiger partial charge in [0.05, 0.1) is 12.7 Å². The monoisotopic (exact) mass is 308 g/mol. The standard InChI is InChI=1S/C17H25ClN2O/c18-14-6-2-1-5-13(14)15(19)9-10-20-11-12-21-17-8-4-3-7-16(17)20/h1-2,5-6,15-17H,3-4,7-12,19H2. The Morgan fingerprint density at radius 1 is 1.29 bits per heavy atom. The molecule has 3 unspecified atom stereocenters. The second kappa shape index (κ2) is 7.10. The lowest BCUT2D eigenvalue weighted by Crippen LogP contribution is -2.53. The number of morpholine rings is 1. The summed E-state index contributed by atoms with van der Waals surface area (Å²) in [6.07, 6.45) is 6.53. The molecule has 4 heteroatoms. The summed E-state index contributed by atoms with van der Waals surface area (Å²) in [6.45, 7) is 2.94. The third kappa shape index (κ3) is 3.59. The van der Waals surface area contributed by atoms with Crippen molar-refractivity contribution in [3.05, 3.63) is 34.9 Å². The number of hydrogen-bond acceptors (Lipinski definition) is 3. The number of hydrogen-bond donors (Lipinski definition) is 1. The quantitative estimate of drug-likeness (QED) is 0.927. The number of ether oxygens (including phenoxy) is 1. The fraction of sp³-hybridized carbons (Fsp3) is 0.647. The molecule has 3 rings (SSSR count). The first kappa shape index (κ1) is 15.3. The number of rotatable bonds is 4. The molecule has 0 aromatic heterocycles. The minimum Gasteiger partial charge on any atom is -0.375 e. The van der Waals surface area contributed by atoms with Crippen molar-refractivity contribution in [1.29, 1.82) is 0 Å². The molecule has 0 amide bonds. The van der Waals surface area contributed by atoms with Crippen molar-refractivity contribution in [2.45, 2.75) is 50.3 Å². The average Bonchev–Trinajstić information content (AvgIpc) is 2.53. The molecule has 1 aromatic rings. The summed E-state index contributed by atoms with van der Waals surface area (Å²) < 4.78 is 5.93. The van der Waals surface area contributed by atoms with Crippen LogP contribution >= 0.6 is 11.6 Å². The number of nitrogens with two attached hydrogens (primary N) is 1. The lowest BCUT2D eigenvalue weighted by atomic mass is 9.90. The van der Waals surface area contributed by atoms with Crippen molar-refractivity contribution < 1.29 is 4.74 Å². The van der Waals surface area contributed by atoms with Crippen LogP contribution < -0.4 is 5.73 Å². The Morgan fingerprint density at radius 2 is 2.10 bits per heavy atom. The molecule has 1 heterocycles. The van der Waals surface area contributed by atoms with Gasteiger partial charge in [-0.3, -0.25) is 4.90 Å². The SMILES string of the molecule is NC(CCN1CCOC2CCCCC21)c1ccccc1Cl. The molecule has 2 N–H and O–H groups in total. The Balaban J connectivity index is 1.58. The zero-order chi connectivity index (χ0) is 14.7. The van der Waals surface area contributed by atoms with Gasteiger partial charge in [-0.1, -0.05) is 42.6 Å². The van der Waals surface area contributed by atoms with Crippen LogP contribution in [0.3, 0.4) is 0 Å². The Labute approximate surface area is 132 Å². The third-order valence-corrected chi connectivity index (χ3v) is 5.22. The lowest BCUT2D eigenvalue weighted by Gasteiger charge is -2.44. The average molecular weight is 309 g/mol. The molecule has 3 atom stereocenters. The maximum atomic E-state index is 6.34. The van der Waals surface area contributed by atoms with E-state index in [1.165, 1.54) is 25.7 Å². The van der Waals surface area contributed by atoms with E-state index in [2.05, 4.69) is 4.90 Å².